The zero-order chi connectivity index (χ0) is 20.0. The van der Waals surface area contributed by atoms with Gasteiger partial charge in [0, 0.05) is 33.1 Å². The first kappa shape index (κ1) is 17.8. The van der Waals surface area contributed by atoms with Crippen LogP contribution in [0.2, 0.25) is 5.02 Å². The van der Waals surface area contributed by atoms with Gasteiger partial charge in [0.25, 0.3) is 0 Å². The van der Waals surface area contributed by atoms with E-state index in [1.165, 1.54) is 0 Å². The molecule has 0 saturated heterocycles. The van der Waals surface area contributed by atoms with E-state index in [2.05, 4.69) is 10.5 Å². The van der Waals surface area contributed by atoms with Crippen molar-refractivity contribution in [2.75, 3.05) is 5.32 Å². The maximum Gasteiger partial charge on any atom is 0.237 e. The minimum atomic E-state index is -0.568. The smallest absolute Gasteiger partial charge is 0.237 e. The van der Waals surface area contributed by atoms with Gasteiger partial charge in [-0.25, -0.2) is 0 Å². The van der Waals surface area contributed by atoms with Crippen LogP contribution in [0.5, 0.6) is 0 Å². The second-order valence-corrected chi connectivity index (χ2v) is 7.45. The number of halogens is 1. The summed E-state index contributed by atoms with van der Waals surface area (Å²) in [5, 5.41) is 9.68. The monoisotopic (exact) mass is 404 g/mol. The molecule has 5 rings (SSSR count). The lowest BCUT2D eigenvalue weighted by atomic mass is 9.92. The summed E-state index contributed by atoms with van der Waals surface area (Å²) < 4.78 is 5.91. The zero-order valence-corrected chi connectivity index (χ0v) is 16.3. The second kappa shape index (κ2) is 6.94. The Hall–Kier alpha value is -3.31. The maximum absolute atomic E-state index is 13.1. The number of para-hydroxylation sites is 1. The first-order chi connectivity index (χ1) is 14.1. The molecule has 1 aliphatic heterocycles. The van der Waals surface area contributed by atoms with E-state index in [0.717, 1.165) is 21.9 Å². The normalized spacial score (nSPS) is 18.6. The molecule has 0 unspecified atom stereocenters. The average Bonchev–Trinajstić information content (AvgIpc) is 3.28. The van der Waals surface area contributed by atoms with Gasteiger partial charge in [-0.2, -0.15) is 0 Å². The quantitative estimate of drug-likeness (QED) is 0.482. The second-order valence-electron chi connectivity index (χ2n) is 7.04. The Labute approximate surface area is 171 Å². The maximum atomic E-state index is 13.1. The third-order valence-electron chi connectivity index (χ3n) is 5.16. The molecule has 4 aromatic rings. The van der Waals surface area contributed by atoms with Crippen molar-refractivity contribution >= 4 is 50.8 Å². The van der Waals surface area contributed by atoms with Crippen molar-refractivity contribution in [2.24, 2.45) is 11.1 Å². The van der Waals surface area contributed by atoms with Gasteiger partial charge in [-0.1, -0.05) is 53.2 Å². The van der Waals surface area contributed by atoms with Crippen LogP contribution in [0, 0.1) is 5.92 Å². The minimum absolute atomic E-state index is 0.205. The Bertz CT molecular complexity index is 1280. The summed E-state index contributed by atoms with van der Waals surface area (Å²) in [5.74, 6) is -0.773. The number of nitrogens with one attached hydrogen (secondary N) is 1. The lowest BCUT2D eigenvalue weighted by molar-refractivity contribution is -0.120. The summed E-state index contributed by atoms with van der Waals surface area (Å²) >= 11 is 6.31. The van der Waals surface area contributed by atoms with Crippen molar-refractivity contribution in [2.45, 2.75) is 13.0 Å². The number of fused-ring (bicyclic) bond motifs is 3. The molecular weight excluding hydrogens is 388 g/mol. The highest BCUT2D eigenvalue weighted by atomic mass is 35.5. The van der Waals surface area contributed by atoms with Crippen LogP contribution in [0.4, 0.5) is 5.69 Å². The van der Waals surface area contributed by atoms with Crippen LogP contribution < -0.4 is 5.32 Å². The topological polar surface area (TPSA) is 63.8 Å². The SMILES string of the molecule is C[C@H]1ON=C(c2ccccc2Cl)[C@H]1C(=O)Nc1ccc2c(c1)oc1ccccc12. The summed E-state index contributed by atoms with van der Waals surface area (Å²) in [6.07, 6.45) is -0.392. The van der Waals surface area contributed by atoms with Gasteiger partial charge in [0.2, 0.25) is 5.91 Å². The van der Waals surface area contributed by atoms with Crippen LogP contribution >= 0.6 is 11.6 Å². The molecule has 2 atom stereocenters. The van der Waals surface area contributed by atoms with Crippen LogP contribution in [-0.4, -0.2) is 17.7 Å². The fourth-order valence-corrected chi connectivity index (χ4v) is 3.96. The summed E-state index contributed by atoms with van der Waals surface area (Å²) in [5.41, 5.74) is 3.42. The molecule has 1 aliphatic rings. The van der Waals surface area contributed by atoms with Gasteiger partial charge in [-0.15, -0.1) is 0 Å². The highest BCUT2D eigenvalue weighted by molar-refractivity contribution is 6.35. The van der Waals surface area contributed by atoms with Gasteiger partial charge in [0.1, 0.15) is 28.9 Å². The van der Waals surface area contributed by atoms with Gasteiger partial charge >= 0.3 is 0 Å². The molecule has 2 heterocycles. The predicted octanol–water partition coefficient (Wildman–Crippen LogP) is 5.62. The standard InChI is InChI=1S/C23H17ClN2O3/c1-13-21(22(26-29-13)17-7-2-4-8-18(17)24)23(27)25-14-10-11-16-15-6-3-5-9-19(15)28-20(16)12-14/h2-13,21H,1H3,(H,25,27)/t13-,21+/m1/s1. The van der Waals surface area contributed by atoms with Gasteiger partial charge in [-0.3, -0.25) is 4.79 Å². The van der Waals surface area contributed by atoms with Crippen LogP contribution in [0.15, 0.2) is 76.3 Å². The number of rotatable bonds is 3. The van der Waals surface area contributed by atoms with E-state index in [1.807, 2.05) is 67.6 Å². The molecular formula is C23H17ClN2O3. The molecule has 6 heteroatoms. The number of nitrogens with zero attached hydrogens (tertiary/aromatic N) is 1. The van der Waals surface area contributed by atoms with Crippen molar-refractivity contribution in [3.8, 4) is 0 Å². The number of furan rings is 1. The van der Waals surface area contributed by atoms with E-state index in [4.69, 9.17) is 20.9 Å². The van der Waals surface area contributed by atoms with Crippen molar-refractivity contribution < 1.29 is 14.0 Å². The van der Waals surface area contributed by atoms with Crippen LogP contribution in [-0.2, 0) is 9.63 Å². The number of carbonyl (C=O) groups excluding carboxylic acids is 1. The Kier molecular flexibility index (Phi) is 4.25. The number of benzene rings is 3. The van der Waals surface area contributed by atoms with Gasteiger partial charge < -0.3 is 14.6 Å². The van der Waals surface area contributed by atoms with Crippen molar-refractivity contribution in [1.82, 2.24) is 0 Å². The highest BCUT2D eigenvalue weighted by Gasteiger charge is 2.38. The average molecular weight is 405 g/mol. The summed E-state index contributed by atoms with van der Waals surface area (Å²) in [6, 6.07) is 20.8. The molecule has 0 bridgehead atoms. The van der Waals surface area contributed by atoms with E-state index in [0.29, 0.717) is 22.0 Å². The van der Waals surface area contributed by atoms with Gasteiger partial charge in [-0.05, 0) is 31.2 Å². The van der Waals surface area contributed by atoms with Crippen LogP contribution in [0.1, 0.15) is 12.5 Å². The predicted molar refractivity (Wildman–Crippen MR) is 114 cm³/mol. The number of hydrogen-bond acceptors (Lipinski definition) is 4. The molecule has 0 spiro atoms. The first-order valence-corrected chi connectivity index (χ1v) is 9.70. The minimum Gasteiger partial charge on any atom is -0.456 e. The van der Waals surface area contributed by atoms with Crippen molar-refractivity contribution in [1.29, 1.82) is 0 Å². The van der Waals surface area contributed by atoms with E-state index in [9.17, 15) is 4.79 Å². The molecule has 0 saturated carbocycles. The summed E-state index contributed by atoms with van der Waals surface area (Å²) in [7, 11) is 0. The molecule has 144 valence electrons. The Morgan fingerprint density at radius 3 is 2.62 bits per heavy atom. The van der Waals surface area contributed by atoms with E-state index in [-0.39, 0.29) is 5.91 Å². The fourth-order valence-electron chi connectivity index (χ4n) is 3.73. The number of oxime groups is 1. The molecule has 0 aliphatic carbocycles. The van der Waals surface area contributed by atoms with Gasteiger partial charge in [0.15, 0.2) is 0 Å². The summed E-state index contributed by atoms with van der Waals surface area (Å²) in [4.78, 5) is 18.5. The lowest BCUT2D eigenvalue weighted by Gasteiger charge is -2.16. The molecule has 0 radical (unpaired) electrons. The molecule has 0 fully saturated rings. The van der Waals surface area contributed by atoms with E-state index < -0.39 is 12.0 Å². The molecule has 1 N–H and O–H groups in total. The third-order valence-corrected chi connectivity index (χ3v) is 5.49. The molecule has 1 amide bonds. The molecule has 1 aromatic heterocycles. The number of amides is 1. The largest absolute Gasteiger partial charge is 0.456 e. The number of carbonyl (C=O) groups is 1. The Morgan fingerprint density at radius 2 is 1.76 bits per heavy atom. The Balaban J connectivity index is 1.45. The van der Waals surface area contributed by atoms with Crippen molar-refractivity contribution in [3.63, 3.8) is 0 Å². The highest BCUT2D eigenvalue weighted by Crippen LogP contribution is 2.32. The van der Waals surface area contributed by atoms with Gasteiger partial charge in [0.05, 0.1) is 0 Å². The van der Waals surface area contributed by atoms with Crippen LogP contribution in [0.25, 0.3) is 21.9 Å². The number of hydrogen-bond donors (Lipinski definition) is 1. The molecule has 5 nitrogen and oxygen atoms in total. The van der Waals surface area contributed by atoms with Crippen molar-refractivity contribution in [3.05, 3.63) is 77.3 Å². The van der Waals surface area contributed by atoms with Crippen LogP contribution in [0.3, 0.4) is 0 Å². The van der Waals surface area contributed by atoms with E-state index in [1.54, 1.807) is 6.07 Å². The first-order valence-electron chi connectivity index (χ1n) is 9.32. The van der Waals surface area contributed by atoms with E-state index >= 15 is 0 Å². The Morgan fingerprint density at radius 1 is 1.00 bits per heavy atom. The zero-order valence-electron chi connectivity index (χ0n) is 15.6. The molecule has 29 heavy (non-hydrogen) atoms. The lowest BCUT2D eigenvalue weighted by Crippen LogP contribution is -2.34. The molecule has 3 aromatic carbocycles. The summed E-state index contributed by atoms with van der Waals surface area (Å²) in [6.45, 7) is 1.82. The third kappa shape index (κ3) is 3.04. The number of anilines is 1. The fraction of sp³-hybridized carbons (Fsp3) is 0.130.